The van der Waals surface area contributed by atoms with Crippen molar-refractivity contribution < 1.29 is 9.53 Å². The van der Waals surface area contributed by atoms with Crippen molar-refractivity contribution in [1.82, 2.24) is 5.32 Å². The van der Waals surface area contributed by atoms with Crippen LogP contribution in [0.15, 0.2) is 17.5 Å². The van der Waals surface area contributed by atoms with Crippen LogP contribution < -0.4 is 5.32 Å². The Morgan fingerprint density at radius 2 is 2.22 bits per heavy atom. The van der Waals surface area contributed by atoms with Gasteiger partial charge < -0.3 is 10.1 Å². The van der Waals surface area contributed by atoms with E-state index in [1.54, 1.807) is 18.4 Å². The molecule has 0 saturated carbocycles. The standard InChI is InChI=1S/C14H23NO2S/c1-17-11-5-4-10-15-14(16)9-3-2-7-13-8-6-12-18-13/h6,8,12H,2-5,7,9-11H2,1H3,(H,15,16). The summed E-state index contributed by atoms with van der Waals surface area (Å²) in [7, 11) is 1.70. The number of carbonyl (C=O) groups is 1. The largest absolute Gasteiger partial charge is 0.385 e. The first kappa shape index (κ1) is 15.2. The van der Waals surface area contributed by atoms with E-state index in [0.717, 1.165) is 45.3 Å². The van der Waals surface area contributed by atoms with E-state index in [-0.39, 0.29) is 5.91 Å². The number of nitrogens with one attached hydrogen (secondary N) is 1. The molecule has 1 rings (SSSR count). The van der Waals surface area contributed by atoms with Gasteiger partial charge in [0.05, 0.1) is 0 Å². The Balaban J connectivity index is 1.90. The van der Waals surface area contributed by atoms with Gasteiger partial charge in [-0.25, -0.2) is 0 Å². The lowest BCUT2D eigenvalue weighted by atomic mass is 10.1. The van der Waals surface area contributed by atoms with Gasteiger partial charge in [0.15, 0.2) is 0 Å². The van der Waals surface area contributed by atoms with Crippen molar-refractivity contribution >= 4 is 17.2 Å². The van der Waals surface area contributed by atoms with Gasteiger partial charge in [0.2, 0.25) is 5.91 Å². The van der Waals surface area contributed by atoms with Crippen molar-refractivity contribution in [2.24, 2.45) is 0 Å². The van der Waals surface area contributed by atoms with Crippen molar-refractivity contribution in [2.75, 3.05) is 20.3 Å². The third kappa shape index (κ3) is 7.45. The predicted octanol–water partition coefficient (Wildman–Crippen LogP) is 3.00. The molecule has 1 N–H and O–H groups in total. The molecular weight excluding hydrogens is 246 g/mol. The molecule has 1 aromatic rings. The van der Waals surface area contributed by atoms with Crippen molar-refractivity contribution in [3.63, 3.8) is 0 Å². The molecule has 0 radical (unpaired) electrons. The van der Waals surface area contributed by atoms with Crippen LogP contribution in [0.5, 0.6) is 0 Å². The quantitative estimate of drug-likeness (QED) is 0.663. The molecule has 0 saturated heterocycles. The van der Waals surface area contributed by atoms with Crippen LogP contribution in [0.3, 0.4) is 0 Å². The average molecular weight is 269 g/mol. The third-order valence-electron chi connectivity index (χ3n) is 2.75. The molecule has 1 amide bonds. The van der Waals surface area contributed by atoms with Gasteiger partial charge in [0, 0.05) is 31.6 Å². The van der Waals surface area contributed by atoms with E-state index in [0.29, 0.717) is 6.42 Å². The first-order valence-corrected chi connectivity index (χ1v) is 7.49. The summed E-state index contributed by atoms with van der Waals surface area (Å²) in [6.07, 6.45) is 5.82. The van der Waals surface area contributed by atoms with E-state index in [1.165, 1.54) is 4.88 Å². The van der Waals surface area contributed by atoms with Crippen molar-refractivity contribution in [3.8, 4) is 0 Å². The molecule has 4 heteroatoms. The van der Waals surface area contributed by atoms with Crippen LogP contribution in [0.1, 0.15) is 37.0 Å². The molecule has 102 valence electrons. The molecule has 0 spiro atoms. The van der Waals surface area contributed by atoms with E-state index in [1.807, 2.05) is 0 Å². The summed E-state index contributed by atoms with van der Waals surface area (Å²) in [5.74, 6) is 0.179. The maximum absolute atomic E-state index is 11.5. The second kappa shape index (κ2) is 10.1. The SMILES string of the molecule is COCCCCNC(=O)CCCCc1cccs1. The number of carbonyl (C=O) groups excluding carboxylic acids is 1. The average Bonchev–Trinajstić information content (AvgIpc) is 2.87. The highest BCUT2D eigenvalue weighted by Crippen LogP contribution is 2.12. The van der Waals surface area contributed by atoms with Crippen molar-refractivity contribution in [1.29, 1.82) is 0 Å². The molecule has 0 unspecified atom stereocenters. The first-order chi connectivity index (χ1) is 8.83. The number of rotatable bonds is 10. The maximum Gasteiger partial charge on any atom is 0.219 e. The normalized spacial score (nSPS) is 10.5. The molecule has 0 aliphatic heterocycles. The van der Waals surface area contributed by atoms with E-state index in [2.05, 4.69) is 22.8 Å². The summed E-state index contributed by atoms with van der Waals surface area (Å²) >= 11 is 1.79. The topological polar surface area (TPSA) is 38.3 Å². The highest BCUT2D eigenvalue weighted by atomic mass is 32.1. The predicted molar refractivity (Wildman–Crippen MR) is 76.0 cm³/mol. The van der Waals surface area contributed by atoms with Crippen molar-refractivity contribution in [2.45, 2.75) is 38.5 Å². The summed E-state index contributed by atoms with van der Waals surface area (Å²) in [4.78, 5) is 12.9. The number of amides is 1. The Bertz CT molecular complexity index is 312. The third-order valence-corrected chi connectivity index (χ3v) is 3.69. The zero-order chi connectivity index (χ0) is 13.1. The lowest BCUT2D eigenvalue weighted by Gasteiger charge is -2.04. The van der Waals surface area contributed by atoms with Crippen LogP contribution in [0, 0.1) is 0 Å². The molecule has 18 heavy (non-hydrogen) atoms. The van der Waals surface area contributed by atoms with Gasteiger partial charge in [0.1, 0.15) is 0 Å². The van der Waals surface area contributed by atoms with Crippen LogP contribution in [-0.2, 0) is 16.0 Å². The molecule has 1 aromatic heterocycles. The fourth-order valence-corrected chi connectivity index (χ4v) is 2.48. The summed E-state index contributed by atoms with van der Waals surface area (Å²) in [5, 5.41) is 5.04. The minimum atomic E-state index is 0.179. The zero-order valence-electron chi connectivity index (χ0n) is 11.1. The number of aryl methyl sites for hydroxylation is 1. The molecule has 3 nitrogen and oxygen atoms in total. The summed E-state index contributed by atoms with van der Waals surface area (Å²) in [6.45, 7) is 1.55. The van der Waals surface area contributed by atoms with Crippen LogP contribution >= 0.6 is 11.3 Å². The number of methoxy groups -OCH3 is 1. The van der Waals surface area contributed by atoms with E-state index in [4.69, 9.17) is 4.74 Å². The smallest absolute Gasteiger partial charge is 0.219 e. The van der Waals surface area contributed by atoms with Gasteiger partial charge in [-0.2, -0.15) is 0 Å². The minimum Gasteiger partial charge on any atom is -0.385 e. The molecule has 0 aromatic carbocycles. The molecule has 0 bridgehead atoms. The van der Waals surface area contributed by atoms with E-state index < -0.39 is 0 Å². The van der Waals surface area contributed by atoms with Gasteiger partial charge in [-0.15, -0.1) is 11.3 Å². The number of ether oxygens (including phenoxy) is 1. The van der Waals surface area contributed by atoms with Gasteiger partial charge in [-0.05, 0) is 43.6 Å². The summed E-state index contributed by atoms with van der Waals surface area (Å²) in [5.41, 5.74) is 0. The first-order valence-electron chi connectivity index (χ1n) is 6.61. The highest BCUT2D eigenvalue weighted by molar-refractivity contribution is 7.09. The number of hydrogen-bond donors (Lipinski definition) is 1. The number of unbranched alkanes of at least 4 members (excludes halogenated alkanes) is 2. The Morgan fingerprint density at radius 1 is 1.33 bits per heavy atom. The van der Waals surface area contributed by atoms with E-state index in [9.17, 15) is 4.79 Å². The molecular formula is C14H23NO2S. The van der Waals surface area contributed by atoms with Gasteiger partial charge >= 0.3 is 0 Å². The fourth-order valence-electron chi connectivity index (χ4n) is 1.73. The van der Waals surface area contributed by atoms with Crippen LogP contribution in [-0.4, -0.2) is 26.2 Å². The van der Waals surface area contributed by atoms with Gasteiger partial charge in [-0.1, -0.05) is 6.07 Å². The monoisotopic (exact) mass is 269 g/mol. The van der Waals surface area contributed by atoms with E-state index >= 15 is 0 Å². The van der Waals surface area contributed by atoms with Crippen molar-refractivity contribution in [3.05, 3.63) is 22.4 Å². The second-order valence-corrected chi connectivity index (χ2v) is 5.37. The Kier molecular flexibility index (Phi) is 8.51. The molecule has 1 heterocycles. The number of hydrogen-bond acceptors (Lipinski definition) is 3. The lowest BCUT2D eigenvalue weighted by Crippen LogP contribution is -2.24. The zero-order valence-corrected chi connectivity index (χ0v) is 11.9. The Hall–Kier alpha value is -0.870. The highest BCUT2D eigenvalue weighted by Gasteiger charge is 2.01. The Morgan fingerprint density at radius 3 is 2.94 bits per heavy atom. The molecule has 0 fully saturated rings. The van der Waals surface area contributed by atoms with Crippen LogP contribution in [0.25, 0.3) is 0 Å². The second-order valence-electron chi connectivity index (χ2n) is 4.34. The van der Waals surface area contributed by atoms with Gasteiger partial charge in [-0.3, -0.25) is 4.79 Å². The Labute approximate surface area is 114 Å². The maximum atomic E-state index is 11.5. The lowest BCUT2D eigenvalue weighted by molar-refractivity contribution is -0.121. The summed E-state index contributed by atoms with van der Waals surface area (Å²) < 4.78 is 4.95. The molecule has 0 aliphatic carbocycles. The van der Waals surface area contributed by atoms with Crippen LogP contribution in [0.4, 0.5) is 0 Å². The minimum absolute atomic E-state index is 0.179. The van der Waals surface area contributed by atoms with Gasteiger partial charge in [0.25, 0.3) is 0 Å². The van der Waals surface area contributed by atoms with Crippen LogP contribution in [0.2, 0.25) is 0 Å². The molecule has 0 atom stereocenters. The number of thiophene rings is 1. The molecule has 0 aliphatic rings. The summed E-state index contributed by atoms with van der Waals surface area (Å²) in [6, 6.07) is 4.23. The fraction of sp³-hybridized carbons (Fsp3) is 0.643.